The summed E-state index contributed by atoms with van der Waals surface area (Å²) in [4.78, 5) is 2.49. The molecule has 0 saturated carbocycles. The van der Waals surface area contributed by atoms with Gasteiger partial charge in [0.05, 0.1) is 5.69 Å². The minimum absolute atomic E-state index is 0.0705. The summed E-state index contributed by atoms with van der Waals surface area (Å²) in [6.07, 6.45) is 2.06. The third-order valence-corrected chi connectivity index (χ3v) is 11.9. The zero-order valence-corrected chi connectivity index (χ0v) is 29.0. The van der Waals surface area contributed by atoms with Gasteiger partial charge in [-0.3, -0.25) is 0 Å². The van der Waals surface area contributed by atoms with Crippen molar-refractivity contribution in [1.29, 1.82) is 0 Å². The Hall–Kier alpha value is -5.60. The Balaban J connectivity index is 1.20. The molecule has 1 heterocycles. The average Bonchev–Trinajstić information content (AvgIpc) is 3.72. The molecule has 242 valence electrons. The van der Waals surface area contributed by atoms with Gasteiger partial charge in [0.1, 0.15) is 11.3 Å². The van der Waals surface area contributed by atoms with Crippen molar-refractivity contribution in [3.8, 4) is 22.3 Å². The summed E-state index contributed by atoms with van der Waals surface area (Å²) in [6, 6.07) is 51.3. The van der Waals surface area contributed by atoms with E-state index in [4.69, 9.17) is 4.42 Å². The fourth-order valence-corrected chi connectivity index (χ4v) is 9.34. The van der Waals surface area contributed by atoms with Crippen molar-refractivity contribution in [2.24, 2.45) is 0 Å². The predicted molar refractivity (Wildman–Crippen MR) is 208 cm³/mol. The van der Waals surface area contributed by atoms with Crippen LogP contribution in [0.15, 0.2) is 150 Å². The molecule has 2 nitrogen and oxygen atoms in total. The van der Waals surface area contributed by atoms with Crippen molar-refractivity contribution in [2.45, 2.75) is 51.4 Å². The normalized spacial score (nSPS) is 16.1. The quantitative estimate of drug-likeness (QED) is 0.189. The number of anilines is 3. The first kappa shape index (κ1) is 29.3. The lowest BCUT2D eigenvalue weighted by Gasteiger charge is -2.30. The molecule has 10 rings (SSSR count). The minimum atomic E-state index is -0.0910. The van der Waals surface area contributed by atoms with Gasteiger partial charge in [0.15, 0.2) is 0 Å². The van der Waals surface area contributed by atoms with E-state index in [1.807, 2.05) is 0 Å². The second-order valence-corrected chi connectivity index (χ2v) is 15.2. The minimum Gasteiger partial charge on any atom is -0.456 e. The van der Waals surface area contributed by atoms with Crippen molar-refractivity contribution in [3.63, 3.8) is 0 Å². The number of para-hydroxylation sites is 1. The van der Waals surface area contributed by atoms with E-state index in [9.17, 15) is 0 Å². The molecule has 2 heteroatoms. The third kappa shape index (κ3) is 4.02. The lowest BCUT2D eigenvalue weighted by atomic mass is 9.77. The predicted octanol–water partition coefficient (Wildman–Crippen LogP) is 12.9. The molecule has 3 aliphatic carbocycles. The van der Waals surface area contributed by atoms with Gasteiger partial charge in [0.2, 0.25) is 0 Å². The number of allylic oxidation sites excluding steroid dienone is 1. The number of hydrogen-bond acceptors (Lipinski definition) is 2. The smallest absolute Gasteiger partial charge is 0.139 e. The zero-order chi connectivity index (χ0) is 33.8. The van der Waals surface area contributed by atoms with Gasteiger partial charge < -0.3 is 9.32 Å². The molecule has 0 fully saturated rings. The van der Waals surface area contributed by atoms with E-state index in [1.165, 1.54) is 72.3 Å². The highest BCUT2D eigenvalue weighted by atomic mass is 16.3. The maximum atomic E-state index is 6.73. The molecular formula is C48H39NO. The lowest BCUT2D eigenvalue weighted by Crippen LogP contribution is -2.19. The number of rotatable bonds is 4. The van der Waals surface area contributed by atoms with Crippen molar-refractivity contribution >= 4 is 33.6 Å². The SMILES string of the molecule is CC1(C)C2=C(c3cc(N(c4ccc(-c5ccccc5)cc4)c4cccc5c4-c4ccccc4C5(C)C)ccc31)c1oc3ccccc3c1CC2. The fourth-order valence-electron chi connectivity index (χ4n) is 9.34. The van der Waals surface area contributed by atoms with Crippen LogP contribution in [0.5, 0.6) is 0 Å². The monoisotopic (exact) mass is 645 g/mol. The van der Waals surface area contributed by atoms with Gasteiger partial charge in [-0.25, -0.2) is 0 Å². The topological polar surface area (TPSA) is 16.4 Å². The molecule has 0 unspecified atom stereocenters. The second-order valence-electron chi connectivity index (χ2n) is 15.2. The molecule has 0 amide bonds. The number of furan rings is 1. The first-order chi connectivity index (χ1) is 24.3. The summed E-state index contributed by atoms with van der Waals surface area (Å²) >= 11 is 0. The average molecular weight is 646 g/mol. The van der Waals surface area contributed by atoms with Gasteiger partial charge in [0, 0.05) is 44.3 Å². The van der Waals surface area contributed by atoms with Gasteiger partial charge in [-0.2, -0.15) is 0 Å². The molecule has 0 saturated heterocycles. The Labute approximate surface area is 294 Å². The standard InChI is InChI=1S/C48H39NO/c1-47(2)38-17-10-8-16-36(38)44-40(47)18-12-19-42(44)49(32-23-21-31(22-24-32)30-13-6-5-7-14-30)33-25-27-39-37(29-33)45-41(48(39,3)4)28-26-35-34-15-9-11-20-43(34)50-46(35)45/h5-25,27,29H,26,28H2,1-4H3. The number of aryl methyl sites for hydroxylation is 1. The highest BCUT2D eigenvalue weighted by molar-refractivity contribution is 5.99. The number of fused-ring (bicyclic) bond motifs is 9. The second kappa shape index (κ2) is 10.5. The van der Waals surface area contributed by atoms with Gasteiger partial charge in [0.25, 0.3) is 0 Å². The van der Waals surface area contributed by atoms with Crippen LogP contribution in [0.3, 0.4) is 0 Å². The lowest BCUT2D eigenvalue weighted by molar-refractivity contribution is 0.571. The molecule has 0 aliphatic heterocycles. The summed E-state index contributed by atoms with van der Waals surface area (Å²) < 4.78 is 6.73. The van der Waals surface area contributed by atoms with Crippen LogP contribution in [-0.4, -0.2) is 0 Å². The first-order valence-corrected chi connectivity index (χ1v) is 17.9. The van der Waals surface area contributed by atoms with Crippen LogP contribution in [0.1, 0.15) is 67.7 Å². The fraction of sp³-hybridized carbons (Fsp3) is 0.167. The van der Waals surface area contributed by atoms with Crippen molar-refractivity contribution < 1.29 is 4.42 Å². The van der Waals surface area contributed by atoms with E-state index in [0.717, 1.165) is 35.6 Å². The molecule has 0 spiro atoms. The van der Waals surface area contributed by atoms with E-state index in [1.54, 1.807) is 0 Å². The highest BCUT2D eigenvalue weighted by Crippen LogP contribution is 2.57. The number of benzene rings is 6. The van der Waals surface area contributed by atoms with Crippen molar-refractivity contribution in [1.82, 2.24) is 0 Å². The molecule has 1 aromatic heterocycles. The van der Waals surface area contributed by atoms with Crippen LogP contribution >= 0.6 is 0 Å². The highest BCUT2D eigenvalue weighted by Gasteiger charge is 2.43. The summed E-state index contributed by atoms with van der Waals surface area (Å²) in [6.45, 7) is 9.51. The molecule has 0 bridgehead atoms. The molecule has 0 N–H and O–H groups in total. The van der Waals surface area contributed by atoms with Crippen LogP contribution in [0.4, 0.5) is 17.1 Å². The maximum Gasteiger partial charge on any atom is 0.139 e. The van der Waals surface area contributed by atoms with Gasteiger partial charge in [-0.05, 0) is 93.8 Å². The third-order valence-electron chi connectivity index (χ3n) is 11.9. The van der Waals surface area contributed by atoms with Gasteiger partial charge in [-0.1, -0.05) is 131 Å². The Morgan fingerprint density at radius 2 is 1.22 bits per heavy atom. The Morgan fingerprint density at radius 3 is 2.06 bits per heavy atom. The van der Waals surface area contributed by atoms with Crippen LogP contribution in [0, 0.1) is 0 Å². The van der Waals surface area contributed by atoms with Gasteiger partial charge in [-0.15, -0.1) is 0 Å². The van der Waals surface area contributed by atoms with E-state index >= 15 is 0 Å². The molecule has 0 radical (unpaired) electrons. The van der Waals surface area contributed by atoms with E-state index in [0.29, 0.717) is 0 Å². The molecule has 50 heavy (non-hydrogen) atoms. The number of hydrogen-bond donors (Lipinski definition) is 0. The van der Waals surface area contributed by atoms with Crippen molar-refractivity contribution in [2.75, 3.05) is 4.90 Å². The largest absolute Gasteiger partial charge is 0.456 e. The molecular weight excluding hydrogens is 607 g/mol. The zero-order valence-electron chi connectivity index (χ0n) is 29.0. The van der Waals surface area contributed by atoms with Gasteiger partial charge >= 0.3 is 0 Å². The number of nitrogens with zero attached hydrogens (tertiary/aromatic N) is 1. The molecule has 3 aliphatic rings. The molecule has 7 aromatic rings. The van der Waals surface area contributed by atoms with E-state index in [-0.39, 0.29) is 10.8 Å². The summed E-state index contributed by atoms with van der Waals surface area (Å²) in [7, 11) is 0. The van der Waals surface area contributed by atoms with E-state index in [2.05, 4.69) is 172 Å². The van der Waals surface area contributed by atoms with Crippen LogP contribution in [-0.2, 0) is 17.3 Å². The molecule has 0 atom stereocenters. The summed E-state index contributed by atoms with van der Waals surface area (Å²) in [5, 5.41) is 1.25. The Bertz CT molecular complexity index is 2530. The Morgan fingerprint density at radius 1 is 0.540 bits per heavy atom. The Kier molecular flexibility index (Phi) is 6.13. The maximum absolute atomic E-state index is 6.73. The van der Waals surface area contributed by atoms with Crippen LogP contribution < -0.4 is 4.90 Å². The van der Waals surface area contributed by atoms with Crippen molar-refractivity contribution in [3.05, 3.63) is 179 Å². The first-order valence-electron chi connectivity index (χ1n) is 17.9. The summed E-state index contributed by atoms with van der Waals surface area (Å²) in [5.41, 5.74) is 18.9. The van der Waals surface area contributed by atoms with Crippen LogP contribution in [0.25, 0.3) is 38.8 Å². The molecule has 6 aromatic carbocycles. The van der Waals surface area contributed by atoms with Crippen LogP contribution in [0.2, 0.25) is 0 Å². The van der Waals surface area contributed by atoms with E-state index < -0.39 is 0 Å². The summed E-state index contributed by atoms with van der Waals surface area (Å²) in [5.74, 6) is 1.06.